The minimum atomic E-state index is -0.111. The van der Waals surface area contributed by atoms with Gasteiger partial charge in [0.2, 0.25) is 5.91 Å². The summed E-state index contributed by atoms with van der Waals surface area (Å²) >= 11 is 0. The number of hydrogen-bond acceptors (Lipinski definition) is 2. The molecule has 3 nitrogen and oxygen atoms in total. The van der Waals surface area contributed by atoms with Crippen LogP contribution < -0.4 is 11.1 Å². The minimum Gasteiger partial charge on any atom is -0.326 e. The van der Waals surface area contributed by atoms with E-state index >= 15 is 0 Å². The Kier molecular flexibility index (Phi) is 4.02. The average Bonchev–Trinajstić information content (AvgIpc) is 2.34. The Labute approximate surface area is 109 Å². The first-order chi connectivity index (χ1) is 8.58. The largest absolute Gasteiger partial charge is 0.326 e. The number of amides is 1. The molecule has 1 atom stereocenters. The van der Waals surface area contributed by atoms with Gasteiger partial charge in [0, 0.05) is 11.7 Å². The number of rotatable bonds is 2. The molecule has 1 amide bonds. The molecule has 1 aromatic rings. The Balaban J connectivity index is 2.04. The summed E-state index contributed by atoms with van der Waals surface area (Å²) in [6.45, 7) is 4.11. The van der Waals surface area contributed by atoms with E-state index in [1.807, 2.05) is 25.1 Å². The lowest BCUT2D eigenvalue weighted by molar-refractivity contribution is -0.120. The molecule has 1 fully saturated rings. The summed E-state index contributed by atoms with van der Waals surface area (Å²) in [7, 11) is 0. The van der Waals surface area contributed by atoms with Crippen LogP contribution >= 0.6 is 0 Å². The monoisotopic (exact) mass is 245 g/mol. The molecule has 3 heteroatoms. The average molecular weight is 245 g/mol. The molecule has 1 radical (unpaired) electrons. The molecule has 1 aliphatic rings. The molecule has 0 aliphatic heterocycles. The predicted octanol–water partition coefficient (Wildman–Crippen LogP) is 2.92. The van der Waals surface area contributed by atoms with Crippen LogP contribution in [0, 0.1) is 25.8 Å². The first kappa shape index (κ1) is 13.1. The zero-order valence-corrected chi connectivity index (χ0v) is 11.1. The molecule has 1 aromatic carbocycles. The summed E-state index contributed by atoms with van der Waals surface area (Å²) < 4.78 is 0. The van der Waals surface area contributed by atoms with Gasteiger partial charge in [-0.2, -0.15) is 0 Å². The van der Waals surface area contributed by atoms with Crippen molar-refractivity contribution in [3.63, 3.8) is 0 Å². The topological polar surface area (TPSA) is 55.1 Å². The Hall–Kier alpha value is -1.35. The molecular weight excluding hydrogens is 224 g/mol. The third kappa shape index (κ3) is 2.91. The van der Waals surface area contributed by atoms with Crippen LogP contribution in [0.4, 0.5) is 5.69 Å². The van der Waals surface area contributed by atoms with Crippen LogP contribution in [0.1, 0.15) is 36.8 Å². The van der Waals surface area contributed by atoms with Crippen molar-refractivity contribution in [3.8, 4) is 0 Å². The second-order valence-corrected chi connectivity index (χ2v) is 5.16. The minimum absolute atomic E-state index is 0.0375. The molecule has 0 spiro atoms. The molecule has 2 rings (SSSR count). The molecule has 18 heavy (non-hydrogen) atoms. The van der Waals surface area contributed by atoms with E-state index in [-0.39, 0.29) is 11.8 Å². The number of nitrogens with one attached hydrogen (secondary N) is 1. The van der Waals surface area contributed by atoms with Crippen LogP contribution in [-0.4, -0.2) is 5.91 Å². The van der Waals surface area contributed by atoms with Crippen molar-refractivity contribution >= 4 is 11.6 Å². The number of aryl methyl sites for hydroxylation is 2. The SMILES string of the molecule is Cc1ccc(NC(=O)C2CCCC[C]2N)cc1C. The summed E-state index contributed by atoms with van der Waals surface area (Å²) in [5.41, 5.74) is 9.23. The van der Waals surface area contributed by atoms with Crippen LogP contribution in [0.15, 0.2) is 18.2 Å². The highest BCUT2D eigenvalue weighted by Crippen LogP contribution is 2.29. The first-order valence-corrected chi connectivity index (χ1v) is 6.57. The quantitative estimate of drug-likeness (QED) is 0.841. The maximum atomic E-state index is 12.2. The summed E-state index contributed by atoms with van der Waals surface area (Å²) in [5.74, 6) is -0.0733. The third-order valence-electron chi connectivity index (χ3n) is 3.75. The normalized spacial score (nSPS) is 20.7. The molecule has 0 saturated heterocycles. The first-order valence-electron chi connectivity index (χ1n) is 6.57. The standard InChI is InChI=1S/C15H21N2O/c1-10-7-8-12(9-11(10)2)17-15(18)13-5-3-4-6-14(13)16/h7-9,13H,3-6,16H2,1-2H3,(H,17,18). The van der Waals surface area contributed by atoms with E-state index in [1.165, 1.54) is 11.1 Å². The number of anilines is 1. The van der Waals surface area contributed by atoms with Crippen molar-refractivity contribution in [1.29, 1.82) is 0 Å². The Bertz CT molecular complexity index is 442. The number of benzene rings is 1. The smallest absolute Gasteiger partial charge is 0.229 e. The van der Waals surface area contributed by atoms with Gasteiger partial charge in [-0.3, -0.25) is 4.79 Å². The Morgan fingerprint density at radius 1 is 1.28 bits per heavy atom. The maximum absolute atomic E-state index is 12.2. The zero-order valence-electron chi connectivity index (χ0n) is 11.1. The molecule has 0 bridgehead atoms. The highest BCUT2D eigenvalue weighted by atomic mass is 16.1. The molecule has 1 aliphatic carbocycles. The molecular formula is C15H21N2O. The zero-order chi connectivity index (χ0) is 13.1. The van der Waals surface area contributed by atoms with Gasteiger partial charge in [0.1, 0.15) is 0 Å². The number of carbonyl (C=O) groups is 1. The van der Waals surface area contributed by atoms with Crippen molar-refractivity contribution in [3.05, 3.63) is 35.4 Å². The van der Waals surface area contributed by atoms with Gasteiger partial charge in [-0.05, 0) is 49.9 Å². The van der Waals surface area contributed by atoms with E-state index in [2.05, 4.69) is 12.2 Å². The van der Waals surface area contributed by atoms with E-state index in [1.54, 1.807) is 0 Å². The summed E-state index contributed by atoms with van der Waals surface area (Å²) in [6.07, 6.45) is 3.96. The van der Waals surface area contributed by atoms with E-state index in [4.69, 9.17) is 5.73 Å². The fourth-order valence-electron chi connectivity index (χ4n) is 2.39. The van der Waals surface area contributed by atoms with E-state index < -0.39 is 0 Å². The van der Waals surface area contributed by atoms with Gasteiger partial charge in [-0.15, -0.1) is 0 Å². The van der Waals surface area contributed by atoms with Gasteiger partial charge in [-0.1, -0.05) is 18.9 Å². The second kappa shape index (κ2) is 5.53. The molecule has 0 aromatic heterocycles. The fourth-order valence-corrected chi connectivity index (χ4v) is 2.39. The molecule has 97 valence electrons. The highest BCUT2D eigenvalue weighted by Gasteiger charge is 2.28. The van der Waals surface area contributed by atoms with Gasteiger partial charge in [0.05, 0.1) is 5.92 Å². The van der Waals surface area contributed by atoms with Crippen LogP contribution in [0.25, 0.3) is 0 Å². The van der Waals surface area contributed by atoms with Gasteiger partial charge in [0.25, 0.3) is 0 Å². The summed E-state index contributed by atoms with van der Waals surface area (Å²) in [6, 6.07) is 6.81. The van der Waals surface area contributed by atoms with Crippen LogP contribution in [0.2, 0.25) is 0 Å². The van der Waals surface area contributed by atoms with Gasteiger partial charge < -0.3 is 11.1 Å². The van der Waals surface area contributed by atoms with E-state index in [0.717, 1.165) is 37.4 Å². The maximum Gasteiger partial charge on any atom is 0.229 e. The number of hydrogen-bond donors (Lipinski definition) is 2. The van der Waals surface area contributed by atoms with Gasteiger partial charge >= 0.3 is 0 Å². The molecule has 3 N–H and O–H groups in total. The Morgan fingerprint density at radius 3 is 2.72 bits per heavy atom. The summed E-state index contributed by atoms with van der Waals surface area (Å²) in [5, 5.41) is 2.97. The van der Waals surface area contributed by atoms with Crippen molar-refractivity contribution < 1.29 is 4.79 Å². The lowest BCUT2D eigenvalue weighted by Crippen LogP contribution is -2.34. The lowest BCUT2D eigenvalue weighted by Gasteiger charge is -2.26. The van der Waals surface area contributed by atoms with Crippen molar-refractivity contribution in [2.24, 2.45) is 11.7 Å². The number of carbonyl (C=O) groups excluding carboxylic acids is 1. The third-order valence-corrected chi connectivity index (χ3v) is 3.75. The number of nitrogens with two attached hydrogens (primary N) is 1. The predicted molar refractivity (Wildman–Crippen MR) is 73.9 cm³/mol. The van der Waals surface area contributed by atoms with Gasteiger partial charge in [-0.25, -0.2) is 0 Å². The molecule has 0 heterocycles. The lowest BCUT2D eigenvalue weighted by atomic mass is 9.84. The molecule has 1 saturated carbocycles. The molecule has 1 unspecified atom stereocenters. The highest BCUT2D eigenvalue weighted by molar-refractivity contribution is 5.94. The van der Waals surface area contributed by atoms with Crippen LogP contribution in [-0.2, 0) is 4.79 Å². The van der Waals surface area contributed by atoms with Crippen LogP contribution in [0.3, 0.4) is 0 Å². The van der Waals surface area contributed by atoms with Crippen molar-refractivity contribution in [1.82, 2.24) is 0 Å². The second-order valence-electron chi connectivity index (χ2n) is 5.16. The van der Waals surface area contributed by atoms with E-state index in [0.29, 0.717) is 0 Å². The van der Waals surface area contributed by atoms with Crippen molar-refractivity contribution in [2.75, 3.05) is 5.32 Å². The van der Waals surface area contributed by atoms with Crippen LogP contribution in [0.5, 0.6) is 0 Å². The fraction of sp³-hybridized carbons (Fsp3) is 0.467. The van der Waals surface area contributed by atoms with E-state index in [9.17, 15) is 4.79 Å². The Morgan fingerprint density at radius 2 is 2.06 bits per heavy atom. The van der Waals surface area contributed by atoms with Gasteiger partial charge in [0.15, 0.2) is 0 Å². The summed E-state index contributed by atoms with van der Waals surface area (Å²) in [4.78, 5) is 12.2. The van der Waals surface area contributed by atoms with Crippen molar-refractivity contribution in [2.45, 2.75) is 39.5 Å².